The van der Waals surface area contributed by atoms with Crippen LogP contribution in [0, 0.1) is 0 Å². The smallest absolute Gasteiger partial charge is 0.337 e. The summed E-state index contributed by atoms with van der Waals surface area (Å²) in [5, 5.41) is 8.28. The molecule has 13 heavy (non-hydrogen) atoms. The minimum atomic E-state index is -0.471. The maximum atomic E-state index is 10.8. The van der Waals surface area contributed by atoms with Gasteiger partial charge in [-0.2, -0.15) is 0 Å². The molecule has 0 saturated carbocycles. The summed E-state index contributed by atoms with van der Waals surface area (Å²) in [6.07, 6.45) is 4.51. The summed E-state index contributed by atoms with van der Waals surface area (Å²) in [5.74, 6) is -0.471. The third-order valence-corrected chi connectivity index (χ3v) is 1.29. The molecule has 0 atom stereocenters. The first-order valence-electron chi connectivity index (χ1n) is 3.63. The molecule has 0 saturated heterocycles. The van der Waals surface area contributed by atoms with Crippen LogP contribution in [0.5, 0.6) is 0 Å². The molecule has 4 heteroatoms. The van der Waals surface area contributed by atoms with Crippen molar-refractivity contribution in [1.82, 2.24) is 5.48 Å². The second kappa shape index (κ2) is 6.02. The van der Waals surface area contributed by atoms with Crippen molar-refractivity contribution in [2.45, 2.75) is 6.92 Å². The van der Waals surface area contributed by atoms with Gasteiger partial charge in [0.1, 0.15) is 0 Å². The van der Waals surface area contributed by atoms with Crippen molar-refractivity contribution in [3.63, 3.8) is 0 Å². The van der Waals surface area contributed by atoms with Crippen molar-refractivity contribution < 1.29 is 14.7 Å². The van der Waals surface area contributed by atoms with Gasteiger partial charge in [-0.1, -0.05) is 12.7 Å². The lowest BCUT2D eigenvalue weighted by Gasteiger charge is -1.96. The quantitative estimate of drug-likeness (QED) is 0.297. The predicted molar refractivity (Wildman–Crippen MR) is 49.0 cm³/mol. The fourth-order valence-electron chi connectivity index (χ4n) is 0.581. The number of carbonyl (C=O) groups is 1. The molecule has 0 radical (unpaired) electrons. The molecule has 0 spiro atoms. The molecule has 0 aromatic rings. The van der Waals surface area contributed by atoms with Crippen molar-refractivity contribution in [2.75, 3.05) is 7.11 Å². The average Bonchev–Trinajstić information content (AvgIpc) is 2.13. The molecule has 0 rings (SSSR count). The highest BCUT2D eigenvalue weighted by Gasteiger charge is 2.00. The zero-order chi connectivity index (χ0) is 10.3. The van der Waals surface area contributed by atoms with Gasteiger partial charge in [0, 0.05) is 6.20 Å². The Morgan fingerprint density at radius 2 is 2.15 bits per heavy atom. The van der Waals surface area contributed by atoms with Gasteiger partial charge in [0.05, 0.1) is 12.7 Å². The molecule has 0 aliphatic heterocycles. The molecule has 0 bridgehead atoms. The van der Waals surface area contributed by atoms with Gasteiger partial charge in [-0.15, -0.1) is 0 Å². The van der Waals surface area contributed by atoms with Crippen LogP contribution in [0.2, 0.25) is 0 Å². The predicted octanol–water partition coefficient (Wildman–Crippen LogP) is 1.15. The number of allylic oxidation sites excluding steroid dienone is 2. The maximum absolute atomic E-state index is 10.8. The van der Waals surface area contributed by atoms with Gasteiger partial charge in [-0.05, 0) is 18.6 Å². The first-order valence-corrected chi connectivity index (χ1v) is 3.63. The van der Waals surface area contributed by atoms with Crippen LogP contribution in [-0.2, 0) is 9.53 Å². The molecule has 72 valence electrons. The molecule has 0 fully saturated rings. The molecule has 0 aliphatic rings. The van der Waals surface area contributed by atoms with E-state index in [1.807, 2.05) is 5.48 Å². The van der Waals surface area contributed by atoms with Crippen LogP contribution < -0.4 is 5.48 Å². The van der Waals surface area contributed by atoms with E-state index in [2.05, 4.69) is 11.3 Å². The summed E-state index contributed by atoms with van der Waals surface area (Å²) < 4.78 is 4.43. The highest BCUT2D eigenvalue weighted by molar-refractivity contribution is 5.90. The van der Waals surface area contributed by atoms with Gasteiger partial charge in [-0.3, -0.25) is 10.7 Å². The molecule has 0 aliphatic carbocycles. The van der Waals surface area contributed by atoms with Gasteiger partial charge in [0.25, 0.3) is 0 Å². The molecular formula is C9H13NO3. The highest BCUT2D eigenvalue weighted by atomic mass is 16.5. The Labute approximate surface area is 77.2 Å². The fraction of sp³-hybridized carbons (Fsp3) is 0.222. The lowest BCUT2D eigenvalue weighted by molar-refractivity contribution is -0.135. The normalized spacial score (nSPS) is 11.5. The fourth-order valence-corrected chi connectivity index (χ4v) is 0.581. The van der Waals surface area contributed by atoms with E-state index in [1.54, 1.807) is 13.0 Å². The van der Waals surface area contributed by atoms with E-state index in [1.165, 1.54) is 19.4 Å². The van der Waals surface area contributed by atoms with Crippen LogP contribution in [0.1, 0.15) is 6.92 Å². The lowest BCUT2D eigenvalue weighted by Crippen LogP contribution is -2.01. The topological polar surface area (TPSA) is 58.6 Å². The summed E-state index contributed by atoms with van der Waals surface area (Å²) >= 11 is 0. The zero-order valence-electron chi connectivity index (χ0n) is 7.70. The highest BCUT2D eigenvalue weighted by Crippen LogP contribution is 2.00. The molecule has 0 unspecified atom stereocenters. The summed E-state index contributed by atoms with van der Waals surface area (Å²) in [4.78, 5) is 10.8. The van der Waals surface area contributed by atoms with Crippen molar-refractivity contribution in [3.8, 4) is 0 Å². The Kier molecular flexibility index (Phi) is 5.30. The second-order valence-electron chi connectivity index (χ2n) is 2.37. The Morgan fingerprint density at radius 3 is 2.62 bits per heavy atom. The Balaban J connectivity index is 4.20. The van der Waals surface area contributed by atoms with E-state index in [0.717, 1.165) is 5.57 Å². The largest absolute Gasteiger partial charge is 0.465 e. The minimum Gasteiger partial charge on any atom is -0.465 e. The molecule has 4 nitrogen and oxygen atoms in total. The van der Waals surface area contributed by atoms with E-state index < -0.39 is 5.97 Å². The van der Waals surface area contributed by atoms with E-state index in [-0.39, 0.29) is 5.57 Å². The average molecular weight is 183 g/mol. The SMILES string of the molecule is C=C(/C=C\C(C)=C/NO)C(=O)OC. The Hall–Kier alpha value is -1.55. The van der Waals surface area contributed by atoms with Crippen molar-refractivity contribution in [2.24, 2.45) is 0 Å². The summed E-state index contributed by atoms with van der Waals surface area (Å²) in [6.45, 7) is 5.24. The van der Waals surface area contributed by atoms with E-state index in [0.29, 0.717) is 0 Å². The van der Waals surface area contributed by atoms with Gasteiger partial charge in [0.15, 0.2) is 0 Å². The van der Waals surface area contributed by atoms with Gasteiger partial charge < -0.3 is 4.74 Å². The first-order chi connectivity index (χ1) is 6.11. The van der Waals surface area contributed by atoms with E-state index in [9.17, 15) is 4.79 Å². The van der Waals surface area contributed by atoms with Crippen LogP contribution in [0.4, 0.5) is 0 Å². The monoisotopic (exact) mass is 183 g/mol. The van der Waals surface area contributed by atoms with Crippen LogP contribution in [0.15, 0.2) is 36.1 Å². The number of hydrogen-bond acceptors (Lipinski definition) is 4. The maximum Gasteiger partial charge on any atom is 0.337 e. The third kappa shape index (κ3) is 4.81. The lowest BCUT2D eigenvalue weighted by atomic mass is 10.2. The molecule has 0 aromatic heterocycles. The Morgan fingerprint density at radius 1 is 1.54 bits per heavy atom. The van der Waals surface area contributed by atoms with Crippen molar-refractivity contribution in [3.05, 3.63) is 36.1 Å². The molecular weight excluding hydrogens is 170 g/mol. The third-order valence-electron chi connectivity index (χ3n) is 1.29. The summed E-state index contributed by atoms with van der Waals surface area (Å²) in [7, 11) is 1.29. The van der Waals surface area contributed by atoms with Crippen LogP contribution in [0.3, 0.4) is 0 Å². The van der Waals surface area contributed by atoms with Crippen LogP contribution in [-0.4, -0.2) is 18.3 Å². The molecule has 0 amide bonds. The molecule has 0 aromatic carbocycles. The number of nitrogens with one attached hydrogen (secondary N) is 1. The van der Waals surface area contributed by atoms with Gasteiger partial charge >= 0.3 is 5.97 Å². The minimum absolute atomic E-state index is 0.258. The standard InChI is InChI=1S/C9H13NO3/c1-7(6-10-12)4-5-8(2)9(11)13-3/h4-6,10,12H,2H2,1,3H3/b5-4-,7-6-. The second-order valence-corrected chi connectivity index (χ2v) is 2.37. The summed E-state index contributed by atoms with van der Waals surface area (Å²) in [5.41, 5.74) is 2.89. The van der Waals surface area contributed by atoms with E-state index in [4.69, 9.17) is 5.21 Å². The Bertz CT molecular complexity index is 254. The number of hydroxylamine groups is 1. The van der Waals surface area contributed by atoms with Crippen molar-refractivity contribution >= 4 is 5.97 Å². The first kappa shape index (κ1) is 11.4. The number of carbonyl (C=O) groups excluding carboxylic acids is 1. The van der Waals surface area contributed by atoms with Gasteiger partial charge in [0.2, 0.25) is 0 Å². The number of ether oxygens (including phenoxy) is 1. The number of hydrogen-bond donors (Lipinski definition) is 2. The summed E-state index contributed by atoms with van der Waals surface area (Å²) in [6, 6.07) is 0. The zero-order valence-corrected chi connectivity index (χ0v) is 7.70. The van der Waals surface area contributed by atoms with Crippen LogP contribution >= 0.6 is 0 Å². The molecule has 0 heterocycles. The number of rotatable bonds is 4. The van der Waals surface area contributed by atoms with Crippen molar-refractivity contribution in [1.29, 1.82) is 0 Å². The van der Waals surface area contributed by atoms with E-state index >= 15 is 0 Å². The number of esters is 1. The number of methoxy groups -OCH3 is 1. The van der Waals surface area contributed by atoms with Crippen LogP contribution in [0.25, 0.3) is 0 Å². The molecule has 2 N–H and O–H groups in total. The van der Waals surface area contributed by atoms with Gasteiger partial charge in [-0.25, -0.2) is 4.79 Å².